The van der Waals surface area contributed by atoms with Gasteiger partial charge in [0.05, 0.1) is 17.6 Å². The average Bonchev–Trinajstić information content (AvgIpc) is 2.94. The summed E-state index contributed by atoms with van der Waals surface area (Å²) in [5.74, 6) is 0.173. The van der Waals surface area contributed by atoms with Crippen LogP contribution in [-0.4, -0.2) is 14.5 Å². The van der Waals surface area contributed by atoms with Gasteiger partial charge in [-0.2, -0.15) is 4.98 Å². The molecule has 5 nitrogen and oxygen atoms in total. The van der Waals surface area contributed by atoms with Crippen LogP contribution < -0.4 is 11.5 Å². The van der Waals surface area contributed by atoms with Gasteiger partial charge < -0.3 is 16.0 Å². The highest BCUT2D eigenvalue weighted by Crippen LogP contribution is 2.29. The number of benzene rings is 2. The molecule has 0 unspecified atom stereocenters. The van der Waals surface area contributed by atoms with Crippen LogP contribution in [0.25, 0.3) is 21.8 Å². The SMILES string of the molecule is Nc1nc(N)c2ccc3c(ccn3Cc3cc(Cl)ccc3F)c2n1. The number of hydrogen-bond donors (Lipinski definition) is 2. The molecule has 2 aromatic carbocycles. The van der Waals surface area contributed by atoms with Crippen molar-refractivity contribution in [3.8, 4) is 0 Å². The number of nitrogen functional groups attached to an aromatic ring is 2. The molecule has 4 aromatic rings. The van der Waals surface area contributed by atoms with Crippen LogP contribution in [0, 0.1) is 5.82 Å². The van der Waals surface area contributed by atoms with E-state index in [0.717, 1.165) is 16.3 Å². The Hall–Kier alpha value is -2.86. The Morgan fingerprint density at radius 1 is 1.04 bits per heavy atom. The van der Waals surface area contributed by atoms with E-state index in [0.29, 0.717) is 28.5 Å². The number of hydrogen-bond acceptors (Lipinski definition) is 4. The lowest BCUT2D eigenvalue weighted by Gasteiger charge is -2.09. The molecule has 0 fully saturated rings. The van der Waals surface area contributed by atoms with Crippen molar-refractivity contribution in [1.82, 2.24) is 14.5 Å². The second-order valence-electron chi connectivity index (χ2n) is 5.54. The molecule has 0 spiro atoms. The van der Waals surface area contributed by atoms with Gasteiger partial charge in [0, 0.05) is 27.6 Å². The van der Waals surface area contributed by atoms with E-state index in [4.69, 9.17) is 23.1 Å². The largest absolute Gasteiger partial charge is 0.383 e. The fourth-order valence-electron chi connectivity index (χ4n) is 2.89. The first kappa shape index (κ1) is 14.7. The van der Waals surface area contributed by atoms with Gasteiger partial charge in [-0.1, -0.05) is 11.6 Å². The predicted octanol–water partition coefficient (Wildman–Crippen LogP) is 3.59. The molecule has 120 valence electrons. The first-order valence-corrected chi connectivity index (χ1v) is 7.65. The standard InChI is InChI=1S/C17H13ClFN5/c18-10-1-3-13(19)9(7-10)8-24-6-5-11-14(24)4-2-12-15(11)22-17(21)23-16(12)20/h1-7H,8H2,(H4,20,21,22,23). The maximum Gasteiger partial charge on any atom is 0.222 e. The van der Waals surface area contributed by atoms with Crippen LogP contribution in [0.1, 0.15) is 5.56 Å². The Morgan fingerprint density at radius 2 is 1.88 bits per heavy atom. The quantitative estimate of drug-likeness (QED) is 0.583. The summed E-state index contributed by atoms with van der Waals surface area (Å²) in [6.45, 7) is 0.359. The third kappa shape index (κ3) is 2.32. The first-order valence-electron chi connectivity index (χ1n) is 7.27. The number of nitrogens with two attached hydrogens (primary N) is 2. The highest BCUT2D eigenvalue weighted by atomic mass is 35.5. The van der Waals surface area contributed by atoms with Crippen molar-refractivity contribution < 1.29 is 4.39 Å². The second-order valence-corrected chi connectivity index (χ2v) is 5.98. The third-order valence-corrected chi connectivity index (χ3v) is 4.25. The van der Waals surface area contributed by atoms with Crippen molar-refractivity contribution >= 4 is 45.2 Å². The predicted molar refractivity (Wildman–Crippen MR) is 94.4 cm³/mol. The van der Waals surface area contributed by atoms with Crippen molar-refractivity contribution in [3.63, 3.8) is 0 Å². The maximum absolute atomic E-state index is 14.0. The molecule has 0 aliphatic rings. The lowest BCUT2D eigenvalue weighted by molar-refractivity contribution is 0.602. The molecule has 4 rings (SSSR count). The van der Waals surface area contributed by atoms with Gasteiger partial charge in [-0.05, 0) is 36.4 Å². The first-order chi connectivity index (χ1) is 11.5. The van der Waals surface area contributed by atoms with Crippen molar-refractivity contribution in [2.24, 2.45) is 0 Å². The molecule has 4 N–H and O–H groups in total. The zero-order valence-corrected chi connectivity index (χ0v) is 13.3. The molecule has 0 radical (unpaired) electrons. The monoisotopic (exact) mass is 341 g/mol. The van der Waals surface area contributed by atoms with Crippen LogP contribution in [0.2, 0.25) is 5.02 Å². The molecule has 0 aliphatic heterocycles. The molecule has 2 aromatic heterocycles. The minimum Gasteiger partial charge on any atom is -0.383 e. The summed E-state index contributed by atoms with van der Waals surface area (Å²) in [5, 5.41) is 2.13. The van der Waals surface area contributed by atoms with E-state index in [1.807, 2.05) is 29.0 Å². The maximum atomic E-state index is 14.0. The summed E-state index contributed by atoms with van der Waals surface area (Å²) in [6, 6.07) is 10.2. The highest BCUT2D eigenvalue weighted by Gasteiger charge is 2.12. The minimum atomic E-state index is -0.294. The molecule has 0 bridgehead atoms. The summed E-state index contributed by atoms with van der Waals surface area (Å²) >= 11 is 5.97. The Kier molecular flexibility index (Phi) is 3.28. The lowest BCUT2D eigenvalue weighted by Crippen LogP contribution is -2.02. The number of halogens is 2. The topological polar surface area (TPSA) is 82.7 Å². The lowest BCUT2D eigenvalue weighted by atomic mass is 10.1. The summed E-state index contributed by atoms with van der Waals surface area (Å²) in [6.07, 6.45) is 1.87. The number of nitrogens with zero attached hydrogens (tertiary/aromatic N) is 3. The van der Waals surface area contributed by atoms with Gasteiger partial charge in [0.1, 0.15) is 11.6 Å². The van der Waals surface area contributed by atoms with E-state index in [-0.39, 0.29) is 11.8 Å². The molecule has 24 heavy (non-hydrogen) atoms. The van der Waals surface area contributed by atoms with Crippen molar-refractivity contribution in [3.05, 3.63) is 59.0 Å². The average molecular weight is 342 g/mol. The van der Waals surface area contributed by atoms with Gasteiger partial charge in [0.25, 0.3) is 0 Å². The van der Waals surface area contributed by atoms with E-state index in [1.165, 1.54) is 12.1 Å². The highest BCUT2D eigenvalue weighted by molar-refractivity contribution is 6.30. The molecule has 0 amide bonds. The zero-order valence-electron chi connectivity index (χ0n) is 12.5. The minimum absolute atomic E-state index is 0.126. The summed E-state index contributed by atoms with van der Waals surface area (Å²) < 4.78 is 15.9. The number of aromatic nitrogens is 3. The Labute approximate surface area is 141 Å². The van der Waals surface area contributed by atoms with E-state index in [1.54, 1.807) is 6.07 Å². The van der Waals surface area contributed by atoms with Gasteiger partial charge in [-0.15, -0.1) is 0 Å². The van der Waals surface area contributed by atoms with Crippen LogP contribution in [0.5, 0.6) is 0 Å². The molecular weight excluding hydrogens is 329 g/mol. The van der Waals surface area contributed by atoms with Crippen molar-refractivity contribution in [2.45, 2.75) is 6.54 Å². The van der Waals surface area contributed by atoms with E-state index >= 15 is 0 Å². The van der Waals surface area contributed by atoms with Crippen LogP contribution in [-0.2, 0) is 6.54 Å². The fourth-order valence-corrected chi connectivity index (χ4v) is 3.09. The Morgan fingerprint density at radius 3 is 2.71 bits per heavy atom. The van der Waals surface area contributed by atoms with Gasteiger partial charge in [0.15, 0.2) is 0 Å². The summed E-state index contributed by atoms with van der Waals surface area (Å²) in [7, 11) is 0. The van der Waals surface area contributed by atoms with Crippen molar-refractivity contribution in [1.29, 1.82) is 0 Å². The number of fused-ring (bicyclic) bond motifs is 3. The molecule has 7 heteroatoms. The van der Waals surface area contributed by atoms with Crippen LogP contribution >= 0.6 is 11.6 Å². The third-order valence-electron chi connectivity index (χ3n) is 4.01. The second kappa shape index (κ2) is 5.35. The summed E-state index contributed by atoms with van der Waals surface area (Å²) in [5.41, 5.74) is 13.7. The van der Waals surface area contributed by atoms with Gasteiger partial charge >= 0.3 is 0 Å². The fraction of sp³-hybridized carbons (Fsp3) is 0.0588. The van der Waals surface area contributed by atoms with E-state index in [9.17, 15) is 4.39 Å². The number of anilines is 2. The molecule has 0 saturated heterocycles. The molecular formula is C17H13ClFN5. The zero-order chi connectivity index (χ0) is 16.8. The molecule has 0 aliphatic carbocycles. The molecule has 0 saturated carbocycles. The normalized spacial score (nSPS) is 11.4. The summed E-state index contributed by atoms with van der Waals surface area (Å²) in [4.78, 5) is 8.27. The van der Waals surface area contributed by atoms with Crippen LogP contribution in [0.4, 0.5) is 16.2 Å². The Balaban J connectivity index is 1.89. The Bertz CT molecular complexity index is 1090. The molecule has 0 atom stereocenters. The molecule has 2 heterocycles. The number of rotatable bonds is 2. The van der Waals surface area contributed by atoms with Crippen LogP contribution in [0.3, 0.4) is 0 Å². The smallest absolute Gasteiger partial charge is 0.222 e. The van der Waals surface area contributed by atoms with E-state index in [2.05, 4.69) is 9.97 Å². The van der Waals surface area contributed by atoms with Crippen molar-refractivity contribution in [2.75, 3.05) is 11.5 Å². The van der Waals surface area contributed by atoms with Crippen LogP contribution in [0.15, 0.2) is 42.6 Å². The van der Waals surface area contributed by atoms with E-state index < -0.39 is 0 Å². The van der Waals surface area contributed by atoms with Gasteiger partial charge in [-0.3, -0.25) is 0 Å². The van der Waals surface area contributed by atoms with Gasteiger partial charge in [0.2, 0.25) is 5.95 Å². The van der Waals surface area contributed by atoms with Gasteiger partial charge in [-0.25, -0.2) is 9.37 Å².